The largest absolute Gasteiger partial charge is 0.433 e. The van der Waals surface area contributed by atoms with E-state index in [9.17, 15) is 32.3 Å². The Labute approximate surface area is 298 Å². The van der Waals surface area contributed by atoms with Crippen molar-refractivity contribution in [3.05, 3.63) is 76.8 Å². The monoisotopic (exact) mass is 712 g/mol. The zero-order valence-electron chi connectivity index (χ0n) is 29.3. The molecule has 13 heteroatoms. The number of nitrogens with zero attached hydrogens (tertiary/aromatic N) is 6. The van der Waals surface area contributed by atoms with Gasteiger partial charge in [0, 0.05) is 54.7 Å². The van der Waals surface area contributed by atoms with Gasteiger partial charge < -0.3 is 4.90 Å². The second-order valence-electron chi connectivity index (χ2n) is 14.4. The molecule has 3 aromatic heterocycles. The predicted molar refractivity (Wildman–Crippen MR) is 186 cm³/mol. The summed E-state index contributed by atoms with van der Waals surface area (Å²) in [5, 5.41) is 5.21. The van der Waals surface area contributed by atoms with Crippen LogP contribution in [0.5, 0.6) is 0 Å². The van der Waals surface area contributed by atoms with Crippen molar-refractivity contribution in [2.45, 2.75) is 103 Å². The van der Waals surface area contributed by atoms with Crippen LogP contribution in [0.25, 0.3) is 28.1 Å². The number of pyridine rings is 1. The zero-order valence-corrected chi connectivity index (χ0v) is 29.3. The van der Waals surface area contributed by atoms with Crippen molar-refractivity contribution in [1.29, 1.82) is 0 Å². The van der Waals surface area contributed by atoms with E-state index in [0.29, 0.717) is 54.4 Å². The summed E-state index contributed by atoms with van der Waals surface area (Å²) >= 11 is 0. The minimum Gasteiger partial charge on any atom is -0.327 e. The van der Waals surface area contributed by atoms with Crippen LogP contribution >= 0.6 is 0 Å². The number of amides is 1. The number of allylic oxidation sites excluding steroid dienone is 1. The third-order valence-electron chi connectivity index (χ3n) is 10.8. The van der Waals surface area contributed by atoms with Gasteiger partial charge in [-0.25, -0.2) is 15.0 Å². The molecule has 7 rings (SSSR count). The van der Waals surface area contributed by atoms with Gasteiger partial charge in [-0.15, -0.1) is 0 Å². The molecule has 0 unspecified atom stereocenters. The Morgan fingerprint density at radius 2 is 1.77 bits per heavy atom. The van der Waals surface area contributed by atoms with Gasteiger partial charge in [0.2, 0.25) is 5.91 Å². The molecule has 270 valence electrons. The van der Waals surface area contributed by atoms with Gasteiger partial charge >= 0.3 is 6.18 Å². The van der Waals surface area contributed by atoms with Crippen molar-refractivity contribution < 1.29 is 32.3 Å². The molecule has 2 aliphatic heterocycles. The average molecular weight is 713 g/mol. The van der Waals surface area contributed by atoms with Gasteiger partial charge in [0.05, 0.1) is 23.7 Å². The number of Topliss-reactive ketones (excluding diaryl/α,β-unsaturated/α-hetero) is 3. The van der Waals surface area contributed by atoms with Crippen LogP contribution in [-0.4, -0.2) is 65.0 Å². The van der Waals surface area contributed by atoms with Gasteiger partial charge in [0.1, 0.15) is 29.5 Å². The summed E-state index contributed by atoms with van der Waals surface area (Å²) in [4.78, 5) is 68.4. The van der Waals surface area contributed by atoms with E-state index in [1.807, 2.05) is 24.3 Å². The fourth-order valence-corrected chi connectivity index (χ4v) is 7.90. The Balaban J connectivity index is 1.29. The first kappa shape index (κ1) is 35.3. The maximum atomic E-state index is 14.4. The highest BCUT2D eigenvalue weighted by atomic mass is 19.4. The SMILES string of the molecule is CC(=O)c1nn2c3c(cc(-c4cnc(C)nc4)cc13)C=CCCCCC(=O)CC[C@@]13C[C@@H](C(=O)Cc4nc(C(F)(F)F)ccc4C)N(C(=O)C2)[C@@H]1C3. The molecule has 0 radical (unpaired) electrons. The molecule has 0 N–H and O–H groups in total. The number of hydrogen-bond acceptors (Lipinski definition) is 8. The lowest BCUT2D eigenvalue weighted by atomic mass is 9.90. The maximum absolute atomic E-state index is 14.4. The summed E-state index contributed by atoms with van der Waals surface area (Å²) in [6.07, 6.45) is 6.81. The minimum atomic E-state index is -4.67. The molecule has 0 spiro atoms. The number of aromatic nitrogens is 5. The zero-order chi connectivity index (χ0) is 36.9. The number of carbonyl (C=O) groups excluding carboxylic acids is 4. The first-order chi connectivity index (χ1) is 24.7. The molecule has 1 saturated carbocycles. The number of halogens is 3. The lowest BCUT2D eigenvalue weighted by molar-refractivity contribution is -0.141. The Bertz CT molecular complexity index is 2140. The number of carbonyl (C=O) groups is 4. The molecule has 52 heavy (non-hydrogen) atoms. The van der Waals surface area contributed by atoms with E-state index in [1.165, 1.54) is 17.7 Å². The molecule has 1 saturated heterocycles. The van der Waals surface area contributed by atoms with Crippen molar-refractivity contribution in [2.24, 2.45) is 5.41 Å². The highest BCUT2D eigenvalue weighted by molar-refractivity contribution is 6.08. The lowest BCUT2D eigenvalue weighted by Gasteiger charge is -2.27. The second kappa shape index (κ2) is 13.5. The molecule has 1 aliphatic carbocycles. The number of aryl methyl sites for hydroxylation is 2. The van der Waals surface area contributed by atoms with Crippen LogP contribution in [0.15, 0.2) is 42.7 Å². The van der Waals surface area contributed by atoms with E-state index in [0.717, 1.165) is 42.0 Å². The van der Waals surface area contributed by atoms with Crippen LogP contribution in [-0.2, 0) is 33.5 Å². The number of hydrogen-bond donors (Lipinski definition) is 0. The lowest BCUT2D eigenvalue weighted by Crippen LogP contribution is -2.45. The topological polar surface area (TPSA) is 128 Å². The molecule has 10 nitrogen and oxygen atoms in total. The molecule has 5 heterocycles. The van der Waals surface area contributed by atoms with E-state index >= 15 is 0 Å². The van der Waals surface area contributed by atoms with Crippen molar-refractivity contribution in [2.75, 3.05) is 0 Å². The highest BCUT2D eigenvalue weighted by Crippen LogP contribution is 2.62. The first-order valence-corrected chi connectivity index (χ1v) is 17.6. The van der Waals surface area contributed by atoms with Gasteiger partial charge in [-0.2, -0.15) is 18.3 Å². The Morgan fingerprint density at radius 3 is 2.50 bits per heavy atom. The van der Waals surface area contributed by atoms with Crippen molar-refractivity contribution in [1.82, 2.24) is 29.6 Å². The van der Waals surface area contributed by atoms with Crippen molar-refractivity contribution >= 4 is 40.2 Å². The number of ketones is 3. The first-order valence-electron chi connectivity index (χ1n) is 17.6. The highest BCUT2D eigenvalue weighted by Gasteiger charge is 2.66. The smallest absolute Gasteiger partial charge is 0.327 e. The van der Waals surface area contributed by atoms with Gasteiger partial charge in [-0.05, 0) is 87.1 Å². The number of benzene rings is 1. The van der Waals surface area contributed by atoms with Crippen molar-refractivity contribution in [3.8, 4) is 11.1 Å². The number of alkyl halides is 3. The quantitative estimate of drug-likeness (QED) is 0.206. The molecule has 2 bridgehead atoms. The summed E-state index contributed by atoms with van der Waals surface area (Å²) in [6.45, 7) is 4.54. The van der Waals surface area contributed by atoms with Crippen LogP contribution < -0.4 is 0 Å². The Kier molecular flexibility index (Phi) is 9.16. The minimum absolute atomic E-state index is 0.0156. The van der Waals surface area contributed by atoms with Gasteiger partial charge in [-0.3, -0.25) is 23.9 Å². The van der Waals surface area contributed by atoms with Gasteiger partial charge in [0.15, 0.2) is 11.6 Å². The molecule has 1 aromatic carbocycles. The molecular weight excluding hydrogens is 673 g/mol. The molecular formula is C39H39F3N6O4. The van der Waals surface area contributed by atoms with E-state index in [-0.39, 0.29) is 42.0 Å². The molecule has 3 aliphatic rings. The fraction of sp³-hybridized carbons (Fsp3) is 0.436. The van der Waals surface area contributed by atoms with E-state index in [2.05, 4.69) is 20.1 Å². The van der Waals surface area contributed by atoms with Crippen LogP contribution in [0.3, 0.4) is 0 Å². The van der Waals surface area contributed by atoms with Crippen LogP contribution in [0.4, 0.5) is 13.2 Å². The standard InChI is InChI=1S/C39H39F3N6O4/c1-22-10-11-33(39(40,41)42)45-30(22)16-32(51)31-17-38-13-12-28(50)9-7-5-4-6-8-25-14-26(27-19-43-24(3)44-20-27)15-29-36(23(2)49)46-47(37(25)29)21-35(52)48(31)34(38)18-38/h6,8,10-11,14-15,19-20,31,34H,4-5,7,9,12-13,16-18,21H2,1-3H3/t31-,34+,38-/m0/s1. The molecule has 4 aromatic rings. The van der Waals surface area contributed by atoms with Crippen LogP contribution in [0.2, 0.25) is 0 Å². The van der Waals surface area contributed by atoms with Gasteiger partial charge in [0.25, 0.3) is 0 Å². The van der Waals surface area contributed by atoms with Crippen molar-refractivity contribution in [3.63, 3.8) is 0 Å². The average Bonchev–Trinajstić information content (AvgIpc) is 3.50. The summed E-state index contributed by atoms with van der Waals surface area (Å²) < 4.78 is 42.1. The number of rotatable bonds is 5. The third kappa shape index (κ3) is 6.80. The third-order valence-corrected chi connectivity index (χ3v) is 10.8. The Hall–Kier alpha value is -5.07. The van der Waals surface area contributed by atoms with E-state index < -0.39 is 35.0 Å². The summed E-state index contributed by atoms with van der Waals surface area (Å²) in [7, 11) is 0. The summed E-state index contributed by atoms with van der Waals surface area (Å²) in [6, 6.07) is 4.77. The normalized spacial score (nSPS) is 22.4. The fourth-order valence-electron chi connectivity index (χ4n) is 7.90. The Morgan fingerprint density at radius 1 is 1.00 bits per heavy atom. The van der Waals surface area contributed by atoms with E-state index in [4.69, 9.17) is 0 Å². The second-order valence-corrected chi connectivity index (χ2v) is 14.4. The van der Waals surface area contributed by atoms with Crippen LogP contribution in [0, 0.1) is 19.3 Å². The predicted octanol–water partition coefficient (Wildman–Crippen LogP) is 6.83. The number of piperidine rings is 1. The van der Waals surface area contributed by atoms with Crippen LogP contribution in [0.1, 0.15) is 97.1 Å². The molecule has 3 atom stereocenters. The van der Waals surface area contributed by atoms with Gasteiger partial charge in [-0.1, -0.05) is 18.2 Å². The summed E-state index contributed by atoms with van der Waals surface area (Å²) in [5.74, 6) is -0.329. The molecule has 1 amide bonds. The molecule has 2 fully saturated rings. The van der Waals surface area contributed by atoms with E-state index in [1.54, 1.807) is 31.1 Å². The maximum Gasteiger partial charge on any atom is 0.433 e. The summed E-state index contributed by atoms with van der Waals surface area (Å²) in [5.41, 5.74) is 1.96.